The van der Waals surface area contributed by atoms with Crippen molar-refractivity contribution in [1.29, 1.82) is 0 Å². The molecule has 0 N–H and O–H groups in total. The Labute approximate surface area is 194 Å². The van der Waals surface area contributed by atoms with Gasteiger partial charge in [0.05, 0.1) is 11.4 Å². The van der Waals surface area contributed by atoms with Gasteiger partial charge < -0.3 is 4.90 Å². The van der Waals surface area contributed by atoms with Crippen molar-refractivity contribution in [2.24, 2.45) is 0 Å². The van der Waals surface area contributed by atoms with E-state index in [0.717, 1.165) is 21.1 Å². The molecular formula is C22H22F3N5O3S. The molecule has 12 heteroatoms. The zero-order valence-electron chi connectivity index (χ0n) is 18.7. The van der Waals surface area contributed by atoms with Crippen molar-refractivity contribution in [2.45, 2.75) is 25.7 Å². The summed E-state index contributed by atoms with van der Waals surface area (Å²) in [5.41, 5.74) is 3.32. The van der Waals surface area contributed by atoms with Gasteiger partial charge in [0, 0.05) is 26.2 Å². The number of hydrogen-bond acceptors (Lipinski definition) is 5. The summed E-state index contributed by atoms with van der Waals surface area (Å²) in [6, 6.07) is 7.00. The third-order valence-electron chi connectivity index (χ3n) is 5.70. The Kier molecular flexibility index (Phi) is 6.21. The summed E-state index contributed by atoms with van der Waals surface area (Å²) in [4.78, 5) is 14.9. The minimum Gasteiger partial charge on any atom is -0.335 e. The average molecular weight is 494 g/mol. The number of carbonyl (C=O) groups is 1. The highest BCUT2D eigenvalue weighted by Crippen LogP contribution is 2.24. The zero-order valence-corrected chi connectivity index (χ0v) is 19.5. The topological polar surface area (TPSA) is 88.4 Å². The number of carbonyl (C=O) groups excluding carboxylic acids is 1. The van der Waals surface area contributed by atoms with E-state index in [4.69, 9.17) is 0 Å². The van der Waals surface area contributed by atoms with Crippen LogP contribution in [0, 0.1) is 38.2 Å². The van der Waals surface area contributed by atoms with E-state index < -0.39 is 38.3 Å². The van der Waals surface area contributed by atoms with Crippen molar-refractivity contribution in [3.8, 4) is 5.69 Å². The summed E-state index contributed by atoms with van der Waals surface area (Å²) < 4.78 is 67.3. The second-order valence-electron chi connectivity index (χ2n) is 8.08. The van der Waals surface area contributed by atoms with Crippen molar-refractivity contribution in [3.63, 3.8) is 0 Å². The Bertz CT molecular complexity index is 1380. The largest absolute Gasteiger partial charge is 0.335 e. The Morgan fingerprint density at radius 1 is 0.912 bits per heavy atom. The van der Waals surface area contributed by atoms with Crippen molar-refractivity contribution in [3.05, 3.63) is 70.3 Å². The molecule has 1 aromatic heterocycles. The van der Waals surface area contributed by atoms with E-state index in [-0.39, 0.29) is 31.9 Å². The molecule has 2 aromatic carbocycles. The molecule has 180 valence electrons. The Balaban J connectivity index is 1.50. The quantitative estimate of drug-likeness (QED) is 0.522. The van der Waals surface area contributed by atoms with Crippen LogP contribution in [0.25, 0.3) is 5.69 Å². The van der Waals surface area contributed by atoms with Crippen LogP contribution < -0.4 is 0 Å². The maximum Gasteiger partial charge on any atom is 0.276 e. The third kappa shape index (κ3) is 4.18. The number of piperazine rings is 1. The first kappa shape index (κ1) is 23.9. The molecule has 0 atom stereocenters. The van der Waals surface area contributed by atoms with Crippen LogP contribution in [0.1, 0.15) is 27.3 Å². The number of nitrogens with zero attached hydrogens (tertiary/aromatic N) is 5. The number of hydrogen-bond donors (Lipinski definition) is 0. The summed E-state index contributed by atoms with van der Waals surface area (Å²) in [6.45, 7) is 5.28. The number of halogens is 3. The summed E-state index contributed by atoms with van der Waals surface area (Å²) in [6.07, 6.45) is 0. The van der Waals surface area contributed by atoms with E-state index in [2.05, 4.69) is 10.2 Å². The van der Waals surface area contributed by atoms with Crippen LogP contribution in [-0.4, -0.2) is 64.7 Å². The molecule has 0 radical (unpaired) electrons. The SMILES string of the molecule is Cc1ccc(-n2nc(C)c(C(=O)N3CCN(S(=O)(=O)c4ccc(F)c(F)c4F)CC3)n2)c(C)c1. The monoisotopic (exact) mass is 493 g/mol. The molecule has 1 fully saturated rings. The lowest BCUT2D eigenvalue weighted by molar-refractivity contribution is 0.0690. The number of aromatic nitrogens is 3. The Morgan fingerprint density at radius 3 is 2.24 bits per heavy atom. The van der Waals surface area contributed by atoms with E-state index >= 15 is 0 Å². The van der Waals surface area contributed by atoms with Crippen molar-refractivity contribution in [2.75, 3.05) is 26.2 Å². The molecule has 0 bridgehead atoms. The van der Waals surface area contributed by atoms with Crippen LogP contribution in [0.4, 0.5) is 13.2 Å². The lowest BCUT2D eigenvalue weighted by Crippen LogP contribution is -2.50. The standard InChI is InChI=1S/C22H22F3N5O3S/c1-13-4-6-17(14(2)12-13)30-26-15(3)21(27-30)22(31)28-8-10-29(11-9-28)34(32,33)18-7-5-16(23)19(24)20(18)25/h4-7,12H,8-11H2,1-3H3. The predicted molar refractivity (Wildman–Crippen MR) is 117 cm³/mol. The highest BCUT2D eigenvalue weighted by Gasteiger charge is 2.34. The molecule has 34 heavy (non-hydrogen) atoms. The fourth-order valence-corrected chi connectivity index (χ4v) is 5.32. The molecule has 0 saturated carbocycles. The van der Waals surface area contributed by atoms with Gasteiger partial charge in [0.1, 0.15) is 4.90 Å². The maximum absolute atomic E-state index is 14.1. The number of aryl methyl sites for hydroxylation is 3. The molecule has 8 nitrogen and oxygen atoms in total. The minimum atomic E-state index is -4.41. The number of sulfonamides is 1. The molecule has 1 aliphatic heterocycles. The van der Waals surface area contributed by atoms with Gasteiger partial charge >= 0.3 is 0 Å². The van der Waals surface area contributed by atoms with E-state index in [9.17, 15) is 26.4 Å². The lowest BCUT2D eigenvalue weighted by Gasteiger charge is -2.33. The Hall–Kier alpha value is -3.25. The highest BCUT2D eigenvalue weighted by molar-refractivity contribution is 7.89. The first-order chi connectivity index (χ1) is 16.0. The fourth-order valence-electron chi connectivity index (χ4n) is 3.84. The van der Waals surface area contributed by atoms with E-state index in [1.165, 1.54) is 9.70 Å². The molecule has 1 aliphatic rings. The third-order valence-corrected chi connectivity index (χ3v) is 7.61. The van der Waals surface area contributed by atoms with Gasteiger partial charge in [-0.1, -0.05) is 17.7 Å². The van der Waals surface area contributed by atoms with Gasteiger partial charge in [-0.3, -0.25) is 4.79 Å². The number of rotatable bonds is 4. The van der Waals surface area contributed by atoms with Crippen LogP contribution in [-0.2, 0) is 10.0 Å². The normalized spacial score (nSPS) is 15.1. The highest BCUT2D eigenvalue weighted by atomic mass is 32.2. The fraction of sp³-hybridized carbons (Fsp3) is 0.318. The molecular weight excluding hydrogens is 471 g/mol. The molecule has 1 amide bonds. The zero-order chi connectivity index (χ0) is 24.8. The van der Waals surface area contributed by atoms with Crippen LogP contribution >= 0.6 is 0 Å². The van der Waals surface area contributed by atoms with Crippen LogP contribution in [0.3, 0.4) is 0 Å². The molecule has 0 aliphatic carbocycles. The van der Waals surface area contributed by atoms with Gasteiger partial charge in [-0.25, -0.2) is 21.6 Å². The van der Waals surface area contributed by atoms with Crippen LogP contribution in [0.15, 0.2) is 35.2 Å². The smallest absolute Gasteiger partial charge is 0.276 e. The van der Waals surface area contributed by atoms with E-state index in [1.54, 1.807) is 6.92 Å². The molecule has 0 spiro atoms. The second-order valence-corrected chi connectivity index (χ2v) is 9.99. The lowest BCUT2D eigenvalue weighted by atomic mass is 10.1. The van der Waals surface area contributed by atoms with Crippen molar-refractivity contribution in [1.82, 2.24) is 24.2 Å². The second kappa shape index (κ2) is 8.84. The maximum atomic E-state index is 14.1. The van der Waals surface area contributed by atoms with Gasteiger partial charge in [-0.15, -0.1) is 5.10 Å². The molecule has 0 unspecified atom stereocenters. The van der Waals surface area contributed by atoms with Crippen LogP contribution in [0.5, 0.6) is 0 Å². The minimum absolute atomic E-state index is 0.0131. The molecule has 2 heterocycles. The number of benzene rings is 2. The van der Waals surface area contributed by atoms with E-state index in [0.29, 0.717) is 17.8 Å². The van der Waals surface area contributed by atoms with Crippen molar-refractivity contribution >= 4 is 15.9 Å². The first-order valence-corrected chi connectivity index (χ1v) is 11.9. The van der Waals surface area contributed by atoms with Gasteiger partial charge in [0.15, 0.2) is 23.1 Å². The molecule has 1 saturated heterocycles. The van der Waals surface area contributed by atoms with E-state index in [1.807, 2.05) is 32.0 Å². The van der Waals surface area contributed by atoms with Crippen LogP contribution in [0.2, 0.25) is 0 Å². The summed E-state index contributed by atoms with van der Waals surface area (Å²) in [5, 5.41) is 8.70. The van der Waals surface area contributed by atoms with Crippen molar-refractivity contribution < 1.29 is 26.4 Å². The van der Waals surface area contributed by atoms with Gasteiger partial charge in [-0.05, 0) is 44.5 Å². The number of amides is 1. The van der Waals surface area contributed by atoms with Gasteiger partial charge in [0.2, 0.25) is 10.0 Å². The van der Waals surface area contributed by atoms with Gasteiger partial charge in [0.25, 0.3) is 5.91 Å². The summed E-state index contributed by atoms with van der Waals surface area (Å²) in [7, 11) is -4.41. The summed E-state index contributed by atoms with van der Waals surface area (Å²) >= 11 is 0. The molecule has 3 aromatic rings. The predicted octanol–water partition coefficient (Wildman–Crippen LogP) is 2.76. The summed E-state index contributed by atoms with van der Waals surface area (Å²) in [5.74, 6) is -5.50. The molecule has 4 rings (SSSR count). The Morgan fingerprint density at radius 2 is 1.59 bits per heavy atom. The average Bonchev–Trinajstić information content (AvgIpc) is 3.18. The first-order valence-electron chi connectivity index (χ1n) is 10.4. The van der Waals surface area contributed by atoms with Gasteiger partial charge in [-0.2, -0.15) is 14.2 Å².